The molecule has 1 heterocycles. The third kappa shape index (κ3) is 5.65. The first-order valence-electron chi connectivity index (χ1n) is 11.1. The summed E-state index contributed by atoms with van der Waals surface area (Å²) < 4.78 is 12.9. The van der Waals surface area contributed by atoms with Gasteiger partial charge in [0.25, 0.3) is 11.6 Å². The maximum absolute atomic E-state index is 12.5. The molecule has 4 aromatic rings. The molecule has 38 heavy (non-hydrogen) atoms. The number of nitro benzene ring substituents is 2. The molecule has 1 amide bonds. The SMILES string of the molecule is COc1cc(/C(C)=N/NC(=O)c2ccc(-n3cccc3)cc2)ccc1Oc1ccc([N+](=O)[O-])cc1[N+](=O)[O-]. The number of nitrogens with one attached hydrogen (secondary N) is 1. The van der Waals surface area contributed by atoms with Crippen LogP contribution in [0, 0.1) is 20.2 Å². The predicted molar refractivity (Wildman–Crippen MR) is 138 cm³/mol. The van der Waals surface area contributed by atoms with Gasteiger partial charge in [-0.2, -0.15) is 5.10 Å². The molecule has 0 saturated heterocycles. The number of benzene rings is 3. The van der Waals surface area contributed by atoms with Gasteiger partial charge in [-0.25, -0.2) is 5.43 Å². The number of carbonyl (C=O) groups excluding carboxylic acids is 1. The van der Waals surface area contributed by atoms with Crippen LogP contribution in [0.2, 0.25) is 0 Å². The van der Waals surface area contributed by atoms with Crippen LogP contribution in [0.15, 0.2) is 90.3 Å². The minimum atomic E-state index is -0.767. The summed E-state index contributed by atoms with van der Waals surface area (Å²) in [6, 6.07) is 18.7. The summed E-state index contributed by atoms with van der Waals surface area (Å²) in [7, 11) is 1.39. The van der Waals surface area contributed by atoms with Crippen LogP contribution in [-0.4, -0.2) is 33.1 Å². The van der Waals surface area contributed by atoms with E-state index in [-0.39, 0.29) is 23.2 Å². The van der Waals surface area contributed by atoms with Crippen molar-refractivity contribution in [1.29, 1.82) is 0 Å². The Hall–Kier alpha value is -5.52. The predicted octanol–water partition coefficient (Wildman–Crippen LogP) is 5.25. The Balaban J connectivity index is 1.49. The van der Waals surface area contributed by atoms with E-state index in [0.717, 1.165) is 23.9 Å². The lowest BCUT2D eigenvalue weighted by atomic mass is 10.1. The molecule has 0 radical (unpaired) electrons. The molecule has 1 N–H and O–H groups in total. The number of nitro groups is 2. The van der Waals surface area contributed by atoms with Crippen molar-refractivity contribution in [3.63, 3.8) is 0 Å². The normalized spacial score (nSPS) is 11.1. The van der Waals surface area contributed by atoms with Crippen molar-refractivity contribution in [3.05, 3.63) is 117 Å². The molecule has 12 nitrogen and oxygen atoms in total. The summed E-state index contributed by atoms with van der Waals surface area (Å²) in [5.74, 6) is -0.197. The molecule has 12 heteroatoms. The molecule has 0 saturated carbocycles. The number of amides is 1. The number of hydrogen-bond donors (Lipinski definition) is 1. The van der Waals surface area contributed by atoms with Crippen molar-refractivity contribution >= 4 is 23.0 Å². The monoisotopic (exact) mass is 515 g/mol. The minimum absolute atomic E-state index is 0.146. The zero-order valence-electron chi connectivity index (χ0n) is 20.2. The summed E-state index contributed by atoms with van der Waals surface area (Å²) in [6.07, 6.45) is 3.81. The zero-order chi connectivity index (χ0) is 27.2. The lowest BCUT2D eigenvalue weighted by Crippen LogP contribution is -2.19. The van der Waals surface area contributed by atoms with E-state index in [1.807, 2.05) is 41.2 Å². The van der Waals surface area contributed by atoms with E-state index in [4.69, 9.17) is 9.47 Å². The van der Waals surface area contributed by atoms with Crippen molar-refractivity contribution in [2.24, 2.45) is 5.10 Å². The fourth-order valence-corrected chi connectivity index (χ4v) is 3.50. The minimum Gasteiger partial charge on any atom is -0.493 e. The average molecular weight is 515 g/mol. The summed E-state index contributed by atoms with van der Waals surface area (Å²) >= 11 is 0. The number of hydrogen-bond acceptors (Lipinski definition) is 8. The number of carbonyl (C=O) groups is 1. The van der Waals surface area contributed by atoms with Crippen LogP contribution in [0.1, 0.15) is 22.8 Å². The van der Waals surface area contributed by atoms with Crippen molar-refractivity contribution in [2.45, 2.75) is 6.92 Å². The van der Waals surface area contributed by atoms with E-state index in [0.29, 0.717) is 16.8 Å². The Bertz CT molecular complexity index is 1530. The van der Waals surface area contributed by atoms with E-state index in [1.54, 1.807) is 31.2 Å². The van der Waals surface area contributed by atoms with Crippen LogP contribution < -0.4 is 14.9 Å². The van der Waals surface area contributed by atoms with E-state index in [2.05, 4.69) is 10.5 Å². The first kappa shape index (κ1) is 25.6. The molecular formula is C26H21N5O7. The highest BCUT2D eigenvalue weighted by atomic mass is 16.6. The van der Waals surface area contributed by atoms with Crippen molar-refractivity contribution in [2.75, 3.05) is 7.11 Å². The first-order chi connectivity index (χ1) is 18.3. The van der Waals surface area contributed by atoms with E-state index in [9.17, 15) is 25.0 Å². The second-order valence-corrected chi connectivity index (χ2v) is 7.91. The van der Waals surface area contributed by atoms with Crippen LogP contribution >= 0.6 is 0 Å². The first-order valence-corrected chi connectivity index (χ1v) is 11.1. The third-order valence-electron chi connectivity index (χ3n) is 5.51. The fourth-order valence-electron chi connectivity index (χ4n) is 3.50. The molecule has 0 aliphatic heterocycles. The second-order valence-electron chi connectivity index (χ2n) is 7.91. The molecule has 1 aromatic heterocycles. The Morgan fingerprint density at radius 3 is 2.16 bits per heavy atom. The number of non-ortho nitro benzene ring substituents is 1. The summed E-state index contributed by atoms with van der Waals surface area (Å²) in [5, 5.41) is 26.5. The van der Waals surface area contributed by atoms with Gasteiger partial charge in [0.15, 0.2) is 11.5 Å². The molecule has 0 unspecified atom stereocenters. The molecule has 0 bridgehead atoms. The lowest BCUT2D eigenvalue weighted by molar-refractivity contribution is -0.394. The highest BCUT2D eigenvalue weighted by Gasteiger charge is 2.22. The van der Waals surface area contributed by atoms with Crippen LogP contribution in [0.5, 0.6) is 17.2 Å². The molecule has 4 rings (SSSR count). The van der Waals surface area contributed by atoms with E-state index >= 15 is 0 Å². The highest BCUT2D eigenvalue weighted by molar-refractivity contribution is 6.01. The van der Waals surface area contributed by atoms with Gasteiger partial charge in [0.2, 0.25) is 5.75 Å². The van der Waals surface area contributed by atoms with Gasteiger partial charge in [-0.15, -0.1) is 0 Å². The highest BCUT2D eigenvalue weighted by Crippen LogP contribution is 2.38. The maximum Gasteiger partial charge on any atom is 0.318 e. The van der Waals surface area contributed by atoms with Gasteiger partial charge >= 0.3 is 5.69 Å². The Morgan fingerprint density at radius 2 is 1.53 bits per heavy atom. The smallest absolute Gasteiger partial charge is 0.318 e. The molecule has 0 aliphatic rings. The number of ether oxygens (including phenoxy) is 2. The number of methoxy groups -OCH3 is 1. The maximum atomic E-state index is 12.5. The largest absolute Gasteiger partial charge is 0.493 e. The molecule has 0 aliphatic carbocycles. The van der Waals surface area contributed by atoms with Crippen LogP contribution in [0.3, 0.4) is 0 Å². The third-order valence-corrected chi connectivity index (χ3v) is 5.51. The molecule has 0 fully saturated rings. The molecule has 0 atom stereocenters. The zero-order valence-corrected chi connectivity index (χ0v) is 20.2. The Morgan fingerprint density at radius 1 is 0.868 bits per heavy atom. The van der Waals surface area contributed by atoms with Gasteiger partial charge in [-0.3, -0.25) is 25.0 Å². The van der Waals surface area contributed by atoms with Crippen molar-refractivity contribution in [3.8, 4) is 22.9 Å². The van der Waals surface area contributed by atoms with E-state index in [1.165, 1.54) is 13.2 Å². The van der Waals surface area contributed by atoms with Gasteiger partial charge in [-0.05, 0) is 67.6 Å². The fraction of sp³-hybridized carbons (Fsp3) is 0.0769. The molecule has 0 spiro atoms. The summed E-state index contributed by atoms with van der Waals surface area (Å²) in [5.41, 5.74) is 3.93. The number of aromatic nitrogens is 1. The molecular weight excluding hydrogens is 494 g/mol. The van der Waals surface area contributed by atoms with E-state index < -0.39 is 21.2 Å². The van der Waals surface area contributed by atoms with Gasteiger partial charge < -0.3 is 14.0 Å². The van der Waals surface area contributed by atoms with Crippen LogP contribution in [0.25, 0.3) is 5.69 Å². The summed E-state index contributed by atoms with van der Waals surface area (Å²) in [4.78, 5) is 33.4. The van der Waals surface area contributed by atoms with Gasteiger partial charge in [0, 0.05) is 35.3 Å². The Labute approximate surface area is 216 Å². The number of nitrogens with zero attached hydrogens (tertiary/aromatic N) is 4. The van der Waals surface area contributed by atoms with Gasteiger partial charge in [0.1, 0.15) is 0 Å². The standard InChI is InChI=1S/C26H21N5O7/c1-17(27-28-26(32)18-5-8-20(9-6-18)29-13-3-4-14-29)19-7-11-24(25(15-19)37-2)38-23-12-10-21(30(33)34)16-22(23)31(35)36/h3-16H,1-2H3,(H,28,32)/b27-17+. The van der Waals surface area contributed by atoms with Crippen molar-refractivity contribution in [1.82, 2.24) is 9.99 Å². The van der Waals surface area contributed by atoms with Gasteiger partial charge in [0.05, 0.1) is 28.7 Å². The summed E-state index contributed by atoms with van der Waals surface area (Å²) in [6.45, 7) is 1.69. The number of hydrazone groups is 1. The van der Waals surface area contributed by atoms with Gasteiger partial charge in [-0.1, -0.05) is 0 Å². The van der Waals surface area contributed by atoms with Crippen molar-refractivity contribution < 1.29 is 24.1 Å². The quantitative estimate of drug-likeness (QED) is 0.182. The average Bonchev–Trinajstić information content (AvgIpc) is 3.47. The number of rotatable bonds is 9. The second kappa shape index (κ2) is 11.0. The molecule has 192 valence electrons. The van der Waals surface area contributed by atoms with Crippen LogP contribution in [-0.2, 0) is 0 Å². The topological polar surface area (TPSA) is 151 Å². The Kier molecular flexibility index (Phi) is 7.43. The lowest BCUT2D eigenvalue weighted by Gasteiger charge is -2.12. The molecule has 3 aromatic carbocycles. The van der Waals surface area contributed by atoms with Crippen LogP contribution in [0.4, 0.5) is 11.4 Å².